The highest BCUT2D eigenvalue weighted by Crippen LogP contribution is 2.30. The molecule has 1 fully saturated rings. The van der Waals surface area contributed by atoms with Crippen LogP contribution in [0.25, 0.3) is 0 Å². The summed E-state index contributed by atoms with van der Waals surface area (Å²) in [5, 5.41) is 5.55. The summed E-state index contributed by atoms with van der Waals surface area (Å²) in [6.45, 7) is 5.03. The van der Waals surface area contributed by atoms with Crippen LogP contribution in [-0.2, 0) is 14.3 Å². The van der Waals surface area contributed by atoms with Crippen molar-refractivity contribution in [1.29, 1.82) is 0 Å². The van der Waals surface area contributed by atoms with Crippen molar-refractivity contribution in [1.82, 2.24) is 10.3 Å². The van der Waals surface area contributed by atoms with Crippen molar-refractivity contribution >= 4 is 17.5 Å². The number of ether oxygens (including phenoxy) is 2. The zero-order chi connectivity index (χ0) is 17.4. The van der Waals surface area contributed by atoms with Crippen molar-refractivity contribution in [2.45, 2.75) is 39.2 Å². The molecule has 1 aromatic heterocycles. The molecule has 0 bridgehead atoms. The van der Waals surface area contributed by atoms with Crippen molar-refractivity contribution in [2.24, 2.45) is 5.92 Å². The van der Waals surface area contributed by atoms with Crippen molar-refractivity contribution in [2.75, 3.05) is 25.1 Å². The van der Waals surface area contributed by atoms with Gasteiger partial charge in [-0.2, -0.15) is 0 Å². The first-order chi connectivity index (χ1) is 11.5. The van der Waals surface area contributed by atoms with Crippen LogP contribution >= 0.6 is 0 Å². The lowest BCUT2D eigenvalue weighted by atomic mass is 10.3. The Balaban J connectivity index is 1.60. The molecular formula is C17H25N3O4. The van der Waals surface area contributed by atoms with Crippen LogP contribution in [0.3, 0.4) is 0 Å². The molecule has 7 heteroatoms. The number of aromatic nitrogens is 1. The van der Waals surface area contributed by atoms with E-state index in [2.05, 4.69) is 15.6 Å². The van der Waals surface area contributed by atoms with Gasteiger partial charge in [-0.3, -0.25) is 9.59 Å². The Morgan fingerprint density at radius 3 is 2.75 bits per heavy atom. The van der Waals surface area contributed by atoms with Gasteiger partial charge in [-0.15, -0.1) is 0 Å². The number of nitrogens with zero attached hydrogens (tertiary/aromatic N) is 1. The van der Waals surface area contributed by atoms with Gasteiger partial charge in [0.2, 0.25) is 11.8 Å². The number of rotatable bonds is 10. The monoisotopic (exact) mass is 335 g/mol. The number of amides is 2. The molecule has 1 aliphatic carbocycles. The lowest BCUT2D eigenvalue weighted by molar-refractivity contribution is -0.123. The maximum absolute atomic E-state index is 11.6. The molecule has 24 heavy (non-hydrogen) atoms. The summed E-state index contributed by atoms with van der Waals surface area (Å²) in [6, 6.07) is 3.34. The zero-order valence-electron chi connectivity index (χ0n) is 14.2. The fraction of sp³-hybridized carbons (Fsp3) is 0.588. The van der Waals surface area contributed by atoms with E-state index in [0.717, 1.165) is 19.3 Å². The van der Waals surface area contributed by atoms with E-state index < -0.39 is 0 Å². The predicted molar refractivity (Wildman–Crippen MR) is 89.8 cm³/mol. The van der Waals surface area contributed by atoms with Crippen molar-refractivity contribution in [3.63, 3.8) is 0 Å². The fourth-order valence-electron chi connectivity index (χ4n) is 1.94. The van der Waals surface area contributed by atoms with Crippen LogP contribution in [0.2, 0.25) is 0 Å². The summed E-state index contributed by atoms with van der Waals surface area (Å²) in [4.78, 5) is 27.3. The molecule has 1 aliphatic rings. The van der Waals surface area contributed by atoms with E-state index in [1.54, 1.807) is 12.1 Å². The number of hydrogen-bond donors (Lipinski definition) is 2. The summed E-state index contributed by atoms with van der Waals surface area (Å²) in [5.41, 5.74) is 0.633. The van der Waals surface area contributed by atoms with Gasteiger partial charge >= 0.3 is 0 Å². The minimum Gasteiger partial charge on any atom is -0.468 e. The summed E-state index contributed by atoms with van der Waals surface area (Å²) in [7, 11) is 0. The summed E-state index contributed by atoms with van der Waals surface area (Å²) in [5.74, 6) is 0.326. The molecule has 1 saturated carbocycles. The third kappa shape index (κ3) is 6.95. The highest BCUT2D eigenvalue weighted by Gasteiger charge is 2.29. The van der Waals surface area contributed by atoms with Gasteiger partial charge in [0.05, 0.1) is 18.0 Å². The maximum Gasteiger partial charge on any atom is 0.258 e. The standard InChI is InChI=1S/C17H25N3O4/c1-12(2)23-9-3-8-18-15(21)11-24-16-7-6-14(10-19-16)20-17(22)13-4-5-13/h6-7,10,12-13H,3-5,8-9,11H2,1-2H3,(H,18,21)(H,20,22). The molecular weight excluding hydrogens is 310 g/mol. The fourth-order valence-corrected chi connectivity index (χ4v) is 1.94. The van der Waals surface area contributed by atoms with Crippen LogP contribution in [0.15, 0.2) is 18.3 Å². The number of carbonyl (C=O) groups is 2. The third-order valence-corrected chi connectivity index (χ3v) is 3.40. The average Bonchev–Trinajstić information content (AvgIpc) is 3.38. The summed E-state index contributed by atoms with van der Waals surface area (Å²) >= 11 is 0. The second-order valence-electron chi connectivity index (χ2n) is 6.06. The topological polar surface area (TPSA) is 89.5 Å². The Morgan fingerprint density at radius 1 is 1.33 bits per heavy atom. The van der Waals surface area contributed by atoms with E-state index in [4.69, 9.17) is 9.47 Å². The Hall–Kier alpha value is -2.15. The molecule has 0 aromatic carbocycles. The van der Waals surface area contributed by atoms with E-state index >= 15 is 0 Å². The van der Waals surface area contributed by atoms with E-state index in [-0.39, 0.29) is 30.4 Å². The third-order valence-electron chi connectivity index (χ3n) is 3.40. The van der Waals surface area contributed by atoms with Gasteiger partial charge in [-0.1, -0.05) is 0 Å². The first-order valence-electron chi connectivity index (χ1n) is 8.32. The Labute approximate surface area is 142 Å². The van der Waals surface area contributed by atoms with Crippen LogP contribution in [0.5, 0.6) is 5.88 Å². The minimum atomic E-state index is -0.201. The molecule has 132 valence electrons. The Kier molecular flexibility index (Phi) is 6.99. The largest absolute Gasteiger partial charge is 0.468 e. The molecule has 2 amide bonds. The number of carbonyl (C=O) groups excluding carboxylic acids is 2. The Bertz CT molecular complexity index is 541. The van der Waals surface area contributed by atoms with Crippen LogP contribution < -0.4 is 15.4 Å². The van der Waals surface area contributed by atoms with Crippen LogP contribution in [0, 0.1) is 5.92 Å². The Morgan fingerprint density at radius 2 is 2.12 bits per heavy atom. The second-order valence-corrected chi connectivity index (χ2v) is 6.06. The van der Waals surface area contributed by atoms with Crippen molar-refractivity contribution in [3.8, 4) is 5.88 Å². The van der Waals surface area contributed by atoms with E-state index in [1.807, 2.05) is 13.8 Å². The van der Waals surface area contributed by atoms with Crippen molar-refractivity contribution < 1.29 is 19.1 Å². The SMILES string of the molecule is CC(C)OCCCNC(=O)COc1ccc(NC(=O)C2CC2)cn1. The van der Waals surface area contributed by atoms with Crippen LogP contribution in [0.4, 0.5) is 5.69 Å². The van der Waals surface area contributed by atoms with E-state index in [1.165, 1.54) is 6.20 Å². The molecule has 0 unspecified atom stereocenters. The number of anilines is 1. The zero-order valence-corrected chi connectivity index (χ0v) is 14.2. The molecule has 0 aliphatic heterocycles. The highest BCUT2D eigenvalue weighted by molar-refractivity contribution is 5.93. The van der Waals surface area contributed by atoms with Gasteiger partial charge in [0.15, 0.2) is 6.61 Å². The minimum absolute atomic E-state index is 0.0336. The van der Waals surface area contributed by atoms with Crippen LogP contribution in [0.1, 0.15) is 33.1 Å². The average molecular weight is 335 g/mol. The second kappa shape index (κ2) is 9.22. The molecule has 7 nitrogen and oxygen atoms in total. The normalized spacial score (nSPS) is 13.6. The molecule has 2 rings (SSSR count). The van der Waals surface area contributed by atoms with Gasteiger partial charge in [0, 0.05) is 25.1 Å². The lowest BCUT2D eigenvalue weighted by Crippen LogP contribution is -2.30. The van der Waals surface area contributed by atoms with Gasteiger partial charge in [-0.05, 0) is 39.2 Å². The maximum atomic E-state index is 11.6. The van der Waals surface area contributed by atoms with Gasteiger partial charge in [0.25, 0.3) is 5.91 Å². The first kappa shape index (κ1) is 18.2. The van der Waals surface area contributed by atoms with Gasteiger partial charge < -0.3 is 20.1 Å². The molecule has 1 aromatic rings. The number of hydrogen-bond acceptors (Lipinski definition) is 5. The van der Waals surface area contributed by atoms with Crippen LogP contribution in [-0.4, -0.2) is 42.7 Å². The van der Waals surface area contributed by atoms with E-state index in [0.29, 0.717) is 24.7 Å². The smallest absolute Gasteiger partial charge is 0.258 e. The predicted octanol–water partition coefficient (Wildman–Crippen LogP) is 1.74. The molecule has 2 N–H and O–H groups in total. The van der Waals surface area contributed by atoms with Crippen molar-refractivity contribution in [3.05, 3.63) is 18.3 Å². The molecule has 0 spiro atoms. The lowest BCUT2D eigenvalue weighted by Gasteiger charge is -2.09. The van der Waals surface area contributed by atoms with E-state index in [9.17, 15) is 9.59 Å². The molecule has 0 saturated heterocycles. The molecule has 0 atom stereocenters. The molecule has 1 heterocycles. The molecule has 0 radical (unpaired) electrons. The first-order valence-corrected chi connectivity index (χ1v) is 8.32. The van der Waals surface area contributed by atoms with Gasteiger partial charge in [-0.25, -0.2) is 4.98 Å². The number of nitrogens with one attached hydrogen (secondary N) is 2. The summed E-state index contributed by atoms with van der Waals surface area (Å²) < 4.78 is 10.7. The summed E-state index contributed by atoms with van der Waals surface area (Å²) in [6.07, 6.45) is 4.40. The van der Waals surface area contributed by atoms with Gasteiger partial charge in [0.1, 0.15) is 0 Å². The quantitative estimate of drug-likeness (QED) is 0.636. The number of pyridine rings is 1. The highest BCUT2D eigenvalue weighted by atomic mass is 16.5.